The van der Waals surface area contributed by atoms with E-state index in [1.807, 2.05) is 20.8 Å². The molecule has 102 valence electrons. The van der Waals surface area contributed by atoms with Crippen molar-refractivity contribution < 1.29 is 4.39 Å². The van der Waals surface area contributed by atoms with Crippen molar-refractivity contribution in [2.75, 3.05) is 6.54 Å². The highest BCUT2D eigenvalue weighted by Crippen LogP contribution is 2.22. The number of halogens is 2. The SMILES string of the molecule is CCNC(C)c1nnn(-c2ccc(Br)cc2F)c1C. The van der Waals surface area contributed by atoms with Gasteiger partial charge in [0.1, 0.15) is 17.2 Å². The Kier molecular flexibility index (Phi) is 4.31. The fourth-order valence-electron chi connectivity index (χ4n) is 2.03. The Bertz CT molecular complexity index is 582. The first kappa shape index (κ1) is 14.1. The molecule has 0 saturated heterocycles. The molecule has 0 aliphatic rings. The van der Waals surface area contributed by atoms with E-state index in [9.17, 15) is 4.39 Å². The summed E-state index contributed by atoms with van der Waals surface area (Å²) in [7, 11) is 0. The van der Waals surface area contributed by atoms with Crippen molar-refractivity contribution in [1.29, 1.82) is 0 Å². The minimum absolute atomic E-state index is 0.0947. The average Bonchev–Trinajstić information content (AvgIpc) is 2.72. The van der Waals surface area contributed by atoms with E-state index in [4.69, 9.17) is 0 Å². The van der Waals surface area contributed by atoms with E-state index < -0.39 is 0 Å². The number of benzene rings is 1. The molecule has 2 aromatic rings. The fourth-order valence-corrected chi connectivity index (χ4v) is 2.36. The molecule has 0 amide bonds. The highest BCUT2D eigenvalue weighted by atomic mass is 79.9. The van der Waals surface area contributed by atoms with Crippen LogP contribution in [0.1, 0.15) is 31.3 Å². The van der Waals surface area contributed by atoms with E-state index >= 15 is 0 Å². The number of hydrogen-bond donors (Lipinski definition) is 1. The zero-order chi connectivity index (χ0) is 14.0. The molecular formula is C13H16BrFN4. The summed E-state index contributed by atoms with van der Waals surface area (Å²) in [5.74, 6) is -0.329. The van der Waals surface area contributed by atoms with E-state index in [2.05, 4.69) is 31.6 Å². The van der Waals surface area contributed by atoms with Gasteiger partial charge >= 0.3 is 0 Å². The van der Waals surface area contributed by atoms with Crippen LogP contribution < -0.4 is 5.32 Å². The number of nitrogens with zero attached hydrogens (tertiary/aromatic N) is 3. The Balaban J connectivity index is 2.41. The standard InChI is InChI=1S/C13H16BrFN4/c1-4-16-8(2)13-9(3)19(18-17-13)12-6-5-10(14)7-11(12)15/h5-8,16H,4H2,1-3H3. The molecule has 2 rings (SSSR count). The molecule has 0 radical (unpaired) electrons. The van der Waals surface area contributed by atoms with Crippen LogP contribution in [0, 0.1) is 12.7 Å². The number of hydrogen-bond acceptors (Lipinski definition) is 3. The van der Waals surface area contributed by atoms with E-state index in [1.54, 1.807) is 12.1 Å². The minimum Gasteiger partial charge on any atom is -0.309 e. The first-order valence-electron chi connectivity index (χ1n) is 6.15. The second-order valence-electron chi connectivity index (χ2n) is 4.35. The second kappa shape index (κ2) is 5.79. The topological polar surface area (TPSA) is 42.7 Å². The van der Waals surface area contributed by atoms with Gasteiger partial charge < -0.3 is 5.32 Å². The van der Waals surface area contributed by atoms with Gasteiger partial charge in [-0.15, -0.1) is 5.10 Å². The van der Waals surface area contributed by atoms with Crippen molar-refractivity contribution in [3.63, 3.8) is 0 Å². The van der Waals surface area contributed by atoms with Gasteiger partial charge in [-0.2, -0.15) is 0 Å². The van der Waals surface area contributed by atoms with Gasteiger partial charge in [0.15, 0.2) is 0 Å². The van der Waals surface area contributed by atoms with Crippen LogP contribution in [-0.2, 0) is 0 Å². The smallest absolute Gasteiger partial charge is 0.150 e. The molecule has 1 heterocycles. The summed E-state index contributed by atoms with van der Waals surface area (Å²) in [6.07, 6.45) is 0. The van der Waals surface area contributed by atoms with Crippen LogP contribution in [0.3, 0.4) is 0 Å². The minimum atomic E-state index is -0.329. The molecule has 1 N–H and O–H groups in total. The van der Waals surface area contributed by atoms with E-state index in [-0.39, 0.29) is 11.9 Å². The molecule has 0 bridgehead atoms. The Labute approximate surface area is 120 Å². The largest absolute Gasteiger partial charge is 0.309 e. The van der Waals surface area contributed by atoms with Crippen LogP contribution in [-0.4, -0.2) is 21.5 Å². The van der Waals surface area contributed by atoms with Crippen molar-refractivity contribution in [1.82, 2.24) is 20.3 Å². The summed E-state index contributed by atoms with van der Waals surface area (Å²) in [6.45, 7) is 6.79. The van der Waals surface area contributed by atoms with Crippen molar-refractivity contribution in [2.24, 2.45) is 0 Å². The van der Waals surface area contributed by atoms with E-state index in [0.29, 0.717) is 10.2 Å². The van der Waals surface area contributed by atoms with Gasteiger partial charge in [0.05, 0.1) is 11.7 Å². The predicted molar refractivity (Wildman–Crippen MR) is 75.8 cm³/mol. The summed E-state index contributed by atoms with van der Waals surface area (Å²) in [6, 6.07) is 4.98. The zero-order valence-corrected chi connectivity index (χ0v) is 12.7. The van der Waals surface area contributed by atoms with Gasteiger partial charge in [0.2, 0.25) is 0 Å². The lowest BCUT2D eigenvalue weighted by Crippen LogP contribution is -2.19. The van der Waals surface area contributed by atoms with E-state index in [0.717, 1.165) is 17.9 Å². The Morgan fingerprint density at radius 3 is 2.84 bits per heavy atom. The summed E-state index contributed by atoms with van der Waals surface area (Å²) in [5, 5.41) is 11.5. The molecule has 1 aromatic heterocycles. The third-order valence-electron chi connectivity index (χ3n) is 2.99. The maximum absolute atomic E-state index is 13.9. The monoisotopic (exact) mass is 326 g/mol. The Morgan fingerprint density at radius 1 is 1.47 bits per heavy atom. The highest BCUT2D eigenvalue weighted by Gasteiger charge is 2.17. The molecule has 19 heavy (non-hydrogen) atoms. The van der Waals surface area contributed by atoms with Crippen molar-refractivity contribution >= 4 is 15.9 Å². The molecular weight excluding hydrogens is 311 g/mol. The first-order chi connectivity index (χ1) is 9.04. The van der Waals surface area contributed by atoms with Crippen molar-refractivity contribution in [2.45, 2.75) is 26.8 Å². The van der Waals surface area contributed by atoms with Crippen LogP contribution in [0.15, 0.2) is 22.7 Å². The van der Waals surface area contributed by atoms with Gasteiger partial charge in [0, 0.05) is 4.47 Å². The van der Waals surface area contributed by atoms with Crippen LogP contribution in [0.2, 0.25) is 0 Å². The molecule has 4 nitrogen and oxygen atoms in total. The van der Waals surface area contributed by atoms with Gasteiger partial charge in [-0.05, 0) is 38.6 Å². The van der Waals surface area contributed by atoms with Crippen molar-refractivity contribution in [3.05, 3.63) is 39.9 Å². The lowest BCUT2D eigenvalue weighted by atomic mass is 10.2. The Hall–Kier alpha value is -1.27. The zero-order valence-electron chi connectivity index (χ0n) is 11.1. The second-order valence-corrected chi connectivity index (χ2v) is 5.26. The normalized spacial score (nSPS) is 12.7. The third-order valence-corrected chi connectivity index (χ3v) is 3.48. The number of nitrogens with one attached hydrogen (secondary N) is 1. The quantitative estimate of drug-likeness (QED) is 0.938. The van der Waals surface area contributed by atoms with Crippen LogP contribution in [0.25, 0.3) is 5.69 Å². The molecule has 1 aromatic carbocycles. The summed E-state index contributed by atoms with van der Waals surface area (Å²) < 4.78 is 16.2. The Morgan fingerprint density at radius 2 is 2.21 bits per heavy atom. The summed E-state index contributed by atoms with van der Waals surface area (Å²) in [4.78, 5) is 0. The van der Waals surface area contributed by atoms with Crippen molar-refractivity contribution in [3.8, 4) is 5.69 Å². The molecule has 0 aliphatic carbocycles. The van der Waals surface area contributed by atoms with Gasteiger partial charge in [-0.25, -0.2) is 9.07 Å². The average molecular weight is 327 g/mol. The lowest BCUT2D eigenvalue weighted by Gasteiger charge is -2.10. The highest BCUT2D eigenvalue weighted by molar-refractivity contribution is 9.10. The number of aromatic nitrogens is 3. The van der Waals surface area contributed by atoms with Crippen LogP contribution in [0.5, 0.6) is 0 Å². The molecule has 0 aliphatic heterocycles. The van der Waals surface area contributed by atoms with Crippen LogP contribution in [0.4, 0.5) is 4.39 Å². The maximum Gasteiger partial charge on any atom is 0.150 e. The van der Waals surface area contributed by atoms with E-state index in [1.165, 1.54) is 10.7 Å². The molecule has 6 heteroatoms. The van der Waals surface area contributed by atoms with Gasteiger partial charge in [0.25, 0.3) is 0 Å². The molecule has 0 spiro atoms. The summed E-state index contributed by atoms with van der Waals surface area (Å²) in [5.41, 5.74) is 2.09. The van der Waals surface area contributed by atoms with Gasteiger partial charge in [-0.1, -0.05) is 28.1 Å². The number of rotatable bonds is 4. The summed E-state index contributed by atoms with van der Waals surface area (Å²) >= 11 is 3.24. The third kappa shape index (κ3) is 2.84. The lowest BCUT2D eigenvalue weighted by molar-refractivity contribution is 0.579. The molecule has 1 unspecified atom stereocenters. The molecule has 0 saturated carbocycles. The van der Waals surface area contributed by atoms with Crippen LogP contribution >= 0.6 is 15.9 Å². The first-order valence-corrected chi connectivity index (χ1v) is 6.95. The predicted octanol–water partition coefficient (Wildman–Crippen LogP) is 3.15. The molecule has 1 atom stereocenters. The molecule has 0 fully saturated rings. The fraction of sp³-hybridized carbons (Fsp3) is 0.385. The van der Waals surface area contributed by atoms with Gasteiger partial charge in [-0.3, -0.25) is 0 Å². The maximum atomic E-state index is 13.9.